The summed E-state index contributed by atoms with van der Waals surface area (Å²) in [6.45, 7) is 12.6. The van der Waals surface area contributed by atoms with E-state index in [9.17, 15) is 4.79 Å². The van der Waals surface area contributed by atoms with Crippen molar-refractivity contribution in [2.45, 2.75) is 33.3 Å². The number of ether oxygens (including phenoxy) is 1. The highest BCUT2D eigenvalue weighted by Crippen LogP contribution is 2.08. The van der Waals surface area contributed by atoms with Gasteiger partial charge < -0.3 is 20.7 Å². The topological polar surface area (TPSA) is 80.0 Å². The summed E-state index contributed by atoms with van der Waals surface area (Å²) in [5.74, 6) is 0.348. The van der Waals surface area contributed by atoms with Crippen molar-refractivity contribution in [3.63, 3.8) is 0 Å². The van der Waals surface area contributed by atoms with Crippen LogP contribution in [-0.2, 0) is 4.74 Å². The average molecular weight is 270 g/mol. The number of nitrogens with one attached hydrogen (secondary N) is 1. The first-order valence-electron chi connectivity index (χ1n) is 6.24. The van der Waals surface area contributed by atoms with Crippen LogP contribution < -0.4 is 11.1 Å². The van der Waals surface area contributed by atoms with E-state index in [1.165, 1.54) is 4.90 Å². The number of nitrogens with zero attached hydrogens (tertiary/aromatic N) is 2. The maximum Gasteiger partial charge on any atom is 0.410 e. The van der Waals surface area contributed by atoms with Crippen LogP contribution in [0.4, 0.5) is 4.79 Å². The van der Waals surface area contributed by atoms with Gasteiger partial charge in [0.05, 0.1) is 6.54 Å². The Morgan fingerprint density at radius 1 is 1.47 bits per heavy atom. The van der Waals surface area contributed by atoms with Gasteiger partial charge in [-0.05, 0) is 27.7 Å². The quantitative estimate of drug-likeness (QED) is 0.449. The van der Waals surface area contributed by atoms with Crippen LogP contribution in [0.1, 0.15) is 27.7 Å². The molecule has 0 saturated heterocycles. The van der Waals surface area contributed by atoms with Gasteiger partial charge in [0.15, 0.2) is 5.96 Å². The molecule has 0 aromatic heterocycles. The van der Waals surface area contributed by atoms with Crippen molar-refractivity contribution in [3.8, 4) is 0 Å². The van der Waals surface area contributed by atoms with Crippen molar-refractivity contribution >= 4 is 12.1 Å². The lowest BCUT2D eigenvalue weighted by atomic mass is 10.2. The first-order chi connectivity index (χ1) is 8.61. The van der Waals surface area contributed by atoms with Gasteiger partial charge in [-0.3, -0.25) is 0 Å². The number of amides is 1. The molecule has 0 heterocycles. The van der Waals surface area contributed by atoms with Crippen molar-refractivity contribution in [3.05, 3.63) is 12.2 Å². The number of aliphatic imine (C=N–C) groups is 1. The fourth-order valence-electron chi connectivity index (χ4n) is 1.06. The minimum absolute atomic E-state index is 0.348. The van der Waals surface area contributed by atoms with Crippen LogP contribution in [0, 0.1) is 0 Å². The Kier molecular flexibility index (Phi) is 6.96. The smallest absolute Gasteiger partial charge is 0.410 e. The van der Waals surface area contributed by atoms with Crippen LogP contribution in [0.5, 0.6) is 0 Å². The van der Waals surface area contributed by atoms with E-state index in [-0.39, 0.29) is 6.09 Å². The predicted molar refractivity (Wildman–Crippen MR) is 78.2 cm³/mol. The van der Waals surface area contributed by atoms with Gasteiger partial charge in [-0.2, -0.15) is 0 Å². The number of nitrogens with two attached hydrogens (primary N) is 1. The number of hydrogen-bond acceptors (Lipinski definition) is 3. The summed E-state index contributed by atoms with van der Waals surface area (Å²) in [4.78, 5) is 17.2. The Hall–Kier alpha value is -1.72. The van der Waals surface area contributed by atoms with Gasteiger partial charge in [0.25, 0.3) is 0 Å². The second-order valence-electron chi connectivity index (χ2n) is 5.49. The van der Waals surface area contributed by atoms with Gasteiger partial charge in [-0.25, -0.2) is 9.79 Å². The molecule has 3 N–H and O–H groups in total. The van der Waals surface area contributed by atoms with Gasteiger partial charge in [-0.15, -0.1) is 0 Å². The van der Waals surface area contributed by atoms with Crippen molar-refractivity contribution in [1.82, 2.24) is 10.2 Å². The summed E-state index contributed by atoms with van der Waals surface area (Å²) in [5.41, 5.74) is 6.10. The van der Waals surface area contributed by atoms with Crippen LogP contribution in [0.15, 0.2) is 17.1 Å². The number of carbonyl (C=O) groups excluding carboxylic acids is 1. The van der Waals surface area contributed by atoms with Crippen molar-refractivity contribution in [2.75, 3.05) is 26.7 Å². The van der Waals surface area contributed by atoms with Crippen LogP contribution in [0.25, 0.3) is 0 Å². The lowest BCUT2D eigenvalue weighted by Crippen LogP contribution is -2.41. The van der Waals surface area contributed by atoms with Gasteiger partial charge in [0.1, 0.15) is 5.60 Å². The fraction of sp³-hybridized carbons (Fsp3) is 0.692. The third-order valence-corrected chi connectivity index (χ3v) is 1.98. The third-order valence-electron chi connectivity index (χ3n) is 1.98. The Bertz CT molecular complexity index is 345. The Morgan fingerprint density at radius 3 is 2.53 bits per heavy atom. The molecule has 6 heteroatoms. The zero-order valence-corrected chi connectivity index (χ0v) is 12.6. The summed E-state index contributed by atoms with van der Waals surface area (Å²) < 4.78 is 5.22. The molecular formula is C13H26N4O2. The largest absolute Gasteiger partial charge is 0.444 e. The van der Waals surface area contributed by atoms with E-state index in [1.807, 2.05) is 27.7 Å². The fourth-order valence-corrected chi connectivity index (χ4v) is 1.06. The molecule has 0 rings (SSSR count). The molecule has 0 aliphatic rings. The maximum atomic E-state index is 11.7. The molecule has 0 bridgehead atoms. The molecule has 0 unspecified atom stereocenters. The Balaban J connectivity index is 3.97. The van der Waals surface area contributed by atoms with Gasteiger partial charge >= 0.3 is 6.09 Å². The predicted octanol–water partition coefficient (Wildman–Crippen LogP) is 1.33. The van der Waals surface area contributed by atoms with Gasteiger partial charge in [-0.1, -0.05) is 12.2 Å². The van der Waals surface area contributed by atoms with Crippen LogP contribution in [0.2, 0.25) is 0 Å². The Labute approximate surface area is 115 Å². The number of hydrogen-bond donors (Lipinski definition) is 2. The highest BCUT2D eigenvalue weighted by Gasteiger charge is 2.19. The lowest BCUT2D eigenvalue weighted by Gasteiger charge is -2.24. The first-order valence-corrected chi connectivity index (χ1v) is 6.24. The van der Waals surface area contributed by atoms with Gasteiger partial charge in [0.2, 0.25) is 0 Å². The highest BCUT2D eigenvalue weighted by molar-refractivity contribution is 5.78. The van der Waals surface area contributed by atoms with E-state index >= 15 is 0 Å². The van der Waals surface area contributed by atoms with Crippen molar-refractivity contribution < 1.29 is 9.53 Å². The molecule has 0 aromatic rings. The van der Waals surface area contributed by atoms with Crippen molar-refractivity contribution in [1.29, 1.82) is 0 Å². The van der Waals surface area contributed by atoms with E-state index in [0.717, 1.165) is 5.57 Å². The molecule has 0 spiro atoms. The molecular weight excluding hydrogens is 244 g/mol. The molecule has 0 aromatic carbocycles. The van der Waals surface area contributed by atoms with Gasteiger partial charge in [0, 0.05) is 20.1 Å². The molecule has 19 heavy (non-hydrogen) atoms. The molecule has 1 amide bonds. The molecule has 0 saturated carbocycles. The minimum Gasteiger partial charge on any atom is -0.444 e. The molecule has 0 atom stereocenters. The van der Waals surface area contributed by atoms with Crippen LogP contribution in [-0.4, -0.2) is 49.2 Å². The summed E-state index contributed by atoms with van der Waals surface area (Å²) in [6, 6.07) is 0. The van der Waals surface area contributed by atoms with E-state index < -0.39 is 5.60 Å². The zero-order valence-electron chi connectivity index (χ0n) is 12.6. The van der Waals surface area contributed by atoms with E-state index in [2.05, 4.69) is 16.9 Å². The molecule has 6 nitrogen and oxygen atoms in total. The molecule has 0 aliphatic heterocycles. The molecule has 110 valence electrons. The highest BCUT2D eigenvalue weighted by atomic mass is 16.6. The maximum absolute atomic E-state index is 11.7. The average Bonchev–Trinajstić information content (AvgIpc) is 2.23. The van der Waals surface area contributed by atoms with E-state index in [4.69, 9.17) is 10.5 Å². The zero-order chi connectivity index (χ0) is 15.1. The number of carbonyl (C=O) groups is 1. The molecule has 0 fully saturated rings. The first kappa shape index (κ1) is 17.3. The second-order valence-corrected chi connectivity index (χ2v) is 5.49. The number of likely N-dealkylation sites (N-methyl/N-ethyl adjacent to an activating group) is 1. The summed E-state index contributed by atoms with van der Waals surface area (Å²) in [6.07, 6.45) is -0.355. The number of rotatable bonds is 5. The van der Waals surface area contributed by atoms with E-state index in [0.29, 0.717) is 25.6 Å². The van der Waals surface area contributed by atoms with Crippen molar-refractivity contribution in [2.24, 2.45) is 10.7 Å². The summed E-state index contributed by atoms with van der Waals surface area (Å²) >= 11 is 0. The molecule has 0 radical (unpaired) electrons. The SMILES string of the molecule is C=C(C)CN=C(N)NCCN(C)C(=O)OC(C)(C)C. The lowest BCUT2D eigenvalue weighted by molar-refractivity contribution is 0.0302. The number of guanidine groups is 1. The molecule has 0 aliphatic carbocycles. The van der Waals surface area contributed by atoms with E-state index in [1.54, 1.807) is 7.05 Å². The van der Waals surface area contributed by atoms with Crippen LogP contribution >= 0.6 is 0 Å². The summed E-state index contributed by atoms with van der Waals surface area (Å²) in [7, 11) is 1.68. The minimum atomic E-state index is -0.485. The monoisotopic (exact) mass is 270 g/mol. The Morgan fingerprint density at radius 2 is 2.05 bits per heavy atom. The summed E-state index contributed by atoms with van der Waals surface area (Å²) in [5, 5.41) is 2.92. The standard InChI is InChI=1S/C13H26N4O2/c1-10(2)9-16-11(14)15-7-8-17(6)12(18)19-13(3,4)5/h1,7-9H2,2-6H3,(H3,14,15,16). The van der Waals surface area contributed by atoms with Crippen LogP contribution in [0.3, 0.4) is 0 Å². The third kappa shape index (κ3) is 9.93. The second kappa shape index (κ2) is 7.66. The normalized spacial score (nSPS) is 11.9.